The molecule has 0 aromatic heterocycles. The molecule has 0 bridgehead atoms. The molecule has 9 heteroatoms. The summed E-state index contributed by atoms with van der Waals surface area (Å²) < 4.78 is 26.8. The van der Waals surface area contributed by atoms with Crippen molar-refractivity contribution in [2.45, 2.75) is 4.90 Å². The fraction of sp³-hybridized carbons (Fsp3) is 0.125. The second-order valence-electron chi connectivity index (χ2n) is 2.87. The predicted octanol–water partition coefficient (Wildman–Crippen LogP) is 0.628. The van der Waals surface area contributed by atoms with E-state index in [1.54, 1.807) is 0 Å². The van der Waals surface area contributed by atoms with E-state index in [2.05, 4.69) is 4.18 Å². The van der Waals surface area contributed by atoms with Crippen LogP contribution < -0.4 is 0 Å². The number of nitro groups is 1. The molecule has 0 saturated carbocycles. The lowest BCUT2D eigenvalue weighted by atomic mass is 10.2. The molecule has 17 heavy (non-hydrogen) atoms. The SMILES string of the molecule is COS(=O)(=O)c1ccc(C(=O)O)cc1[N+](=O)[O-]. The van der Waals surface area contributed by atoms with E-state index in [0.717, 1.165) is 19.2 Å². The highest BCUT2D eigenvalue weighted by molar-refractivity contribution is 7.86. The first-order valence-corrected chi connectivity index (χ1v) is 5.53. The number of aromatic carboxylic acids is 1. The zero-order valence-corrected chi connectivity index (χ0v) is 9.30. The Morgan fingerprint density at radius 1 is 1.47 bits per heavy atom. The van der Waals surface area contributed by atoms with E-state index in [4.69, 9.17) is 5.11 Å². The fourth-order valence-electron chi connectivity index (χ4n) is 1.09. The average molecular weight is 261 g/mol. The van der Waals surface area contributed by atoms with E-state index in [9.17, 15) is 23.3 Å². The van der Waals surface area contributed by atoms with E-state index in [1.165, 1.54) is 0 Å². The fourth-order valence-corrected chi connectivity index (χ4v) is 1.90. The number of carboxylic acids is 1. The van der Waals surface area contributed by atoms with Gasteiger partial charge < -0.3 is 5.11 Å². The molecule has 1 aromatic carbocycles. The van der Waals surface area contributed by atoms with Crippen LogP contribution in [0.3, 0.4) is 0 Å². The van der Waals surface area contributed by atoms with E-state index < -0.39 is 31.6 Å². The van der Waals surface area contributed by atoms with Gasteiger partial charge in [-0.15, -0.1) is 0 Å². The van der Waals surface area contributed by atoms with Gasteiger partial charge in [0.15, 0.2) is 4.90 Å². The first-order valence-electron chi connectivity index (χ1n) is 4.12. The molecule has 0 aliphatic carbocycles. The van der Waals surface area contributed by atoms with Crippen LogP contribution in [-0.2, 0) is 14.3 Å². The molecular weight excluding hydrogens is 254 g/mol. The summed E-state index contributed by atoms with van der Waals surface area (Å²) >= 11 is 0. The minimum atomic E-state index is -4.25. The molecule has 1 aromatic rings. The number of benzene rings is 1. The second-order valence-corrected chi connectivity index (χ2v) is 4.55. The lowest BCUT2D eigenvalue weighted by Gasteiger charge is -2.03. The molecule has 0 unspecified atom stereocenters. The number of nitrogens with zero attached hydrogens (tertiary/aromatic N) is 1. The molecule has 0 spiro atoms. The molecule has 8 nitrogen and oxygen atoms in total. The molecule has 1 N–H and O–H groups in total. The van der Waals surface area contributed by atoms with Gasteiger partial charge >= 0.3 is 16.1 Å². The maximum absolute atomic E-state index is 11.3. The van der Waals surface area contributed by atoms with Crippen molar-refractivity contribution in [2.75, 3.05) is 7.11 Å². The molecule has 1 rings (SSSR count). The summed E-state index contributed by atoms with van der Waals surface area (Å²) in [5.74, 6) is -1.39. The van der Waals surface area contributed by atoms with Gasteiger partial charge in [0.1, 0.15) is 0 Å². The van der Waals surface area contributed by atoms with Gasteiger partial charge in [-0.1, -0.05) is 0 Å². The van der Waals surface area contributed by atoms with Gasteiger partial charge in [0.05, 0.1) is 17.6 Å². The molecule has 0 aliphatic rings. The van der Waals surface area contributed by atoms with E-state index in [1.807, 2.05) is 0 Å². The van der Waals surface area contributed by atoms with Gasteiger partial charge in [-0.3, -0.25) is 14.3 Å². The quantitative estimate of drug-likeness (QED) is 0.478. The van der Waals surface area contributed by atoms with Crippen molar-refractivity contribution >= 4 is 21.8 Å². The third-order valence-corrected chi connectivity index (χ3v) is 3.21. The normalized spacial score (nSPS) is 11.1. The van der Waals surface area contributed by atoms with Crippen LogP contribution >= 0.6 is 0 Å². The number of carbonyl (C=O) groups is 1. The Kier molecular flexibility index (Phi) is 3.44. The van der Waals surface area contributed by atoms with Gasteiger partial charge in [0, 0.05) is 6.07 Å². The summed E-state index contributed by atoms with van der Waals surface area (Å²) in [7, 11) is -3.40. The third-order valence-electron chi connectivity index (χ3n) is 1.89. The van der Waals surface area contributed by atoms with Crippen LogP contribution in [0.4, 0.5) is 5.69 Å². The number of rotatable bonds is 4. The van der Waals surface area contributed by atoms with Crippen LogP contribution in [0.25, 0.3) is 0 Å². The molecule has 92 valence electrons. The minimum absolute atomic E-state index is 0.383. The summed E-state index contributed by atoms with van der Waals surface area (Å²) in [6.45, 7) is 0. The standard InChI is InChI=1S/C8H7NO7S/c1-16-17(14,15)7-3-2-5(8(10)11)4-6(7)9(12)13/h2-4H,1H3,(H,10,11). The van der Waals surface area contributed by atoms with E-state index in [-0.39, 0.29) is 5.56 Å². The summed E-state index contributed by atoms with van der Waals surface area (Å²) in [6, 6.07) is 2.43. The number of hydrogen-bond donors (Lipinski definition) is 1. The maximum Gasteiger partial charge on any atom is 0.335 e. The van der Waals surface area contributed by atoms with Crippen molar-refractivity contribution in [1.82, 2.24) is 0 Å². The van der Waals surface area contributed by atoms with Crippen LogP contribution in [0.2, 0.25) is 0 Å². The number of carboxylic acid groups (broad SMARTS) is 1. The molecule has 0 radical (unpaired) electrons. The van der Waals surface area contributed by atoms with Crippen molar-refractivity contribution in [3.05, 3.63) is 33.9 Å². The highest BCUT2D eigenvalue weighted by Crippen LogP contribution is 2.26. The van der Waals surface area contributed by atoms with Crippen LogP contribution in [0.1, 0.15) is 10.4 Å². The smallest absolute Gasteiger partial charge is 0.335 e. The van der Waals surface area contributed by atoms with Crippen molar-refractivity contribution in [2.24, 2.45) is 0 Å². The third kappa shape index (κ3) is 2.57. The van der Waals surface area contributed by atoms with Crippen LogP contribution in [0.15, 0.2) is 23.1 Å². The second kappa shape index (κ2) is 4.47. The van der Waals surface area contributed by atoms with Crippen LogP contribution in [-0.4, -0.2) is 31.5 Å². The first-order chi connectivity index (χ1) is 7.79. The average Bonchev–Trinajstić information content (AvgIpc) is 2.28. The van der Waals surface area contributed by atoms with Gasteiger partial charge in [-0.25, -0.2) is 4.79 Å². The number of nitro benzene ring substituents is 1. The van der Waals surface area contributed by atoms with E-state index >= 15 is 0 Å². The monoisotopic (exact) mass is 261 g/mol. The highest BCUT2D eigenvalue weighted by Gasteiger charge is 2.27. The molecular formula is C8H7NO7S. The topological polar surface area (TPSA) is 124 Å². The Bertz CT molecular complexity index is 578. The van der Waals surface area contributed by atoms with Crippen LogP contribution in [0, 0.1) is 10.1 Å². The molecule has 0 atom stereocenters. The van der Waals surface area contributed by atoms with E-state index in [0.29, 0.717) is 6.07 Å². The predicted molar refractivity (Wildman–Crippen MR) is 54.3 cm³/mol. The molecule has 0 heterocycles. The van der Waals surface area contributed by atoms with Gasteiger partial charge in [0.25, 0.3) is 5.69 Å². The van der Waals surface area contributed by atoms with Crippen molar-refractivity contribution in [3.8, 4) is 0 Å². The molecule has 0 aliphatic heterocycles. The minimum Gasteiger partial charge on any atom is -0.478 e. The highest BCUT2D eigenvalue weighted by atomic mass is 32.2. The Morgan fingerprint density at radius 2 is 2.06 bits per heavy atom. The summed E-state index contributed by atoms with van der Waals surface area (Å²) in [5.41, 5.74) is -1.22. The Labute approximate surface area is 95.7 Å². The lowest BCUT2D eigenvalue weighted by Crippen LogP contribution is -2.08. The van der Waals surface area contributed by atoms with Gasteiger partial charge in [-0.2, -0.15) is 8.42 Å². The van der Waals surface area contributed by atoms with Gasteiger partial charge in [-0.05, 0) is 12.1 Å². The Hall–Kier alpha value is -2.00. The van der Waals surface area contributed by atoms with Crippen molar-refractivity contribution in [3.63, 3.8) is 0 Å². The largest absolute Gasteiger partial charge is 0.478 e. The van der Waals surface area contributed by atoms with Crippen molar-refractivity contribution < 1.29 is 27.4 Å². The first kappa shape index (κ1) is 13.1. The Morgan fingerprint density at radius 3 is 2.47 bits per heavy atom. The van der Waals surface area contributed by atoms with Crippen molar-refractivity contribution in [1.29, 1.82) is 0 Å². The molecule has 0 saturated heterocycles. The molecule has 0 amide bonds. The molecule has 0 fully saturated rings. The summed E-state index contributed by atoms with van der Waals surface area (Å²) in [5, 5.41) is 19.3. The van der Waals surface area contributed by atoms with Gasteiger partial charge in [0.2, 0.25) is 0 Å². The summed E-state index contributed by atoms with van der Waals surface area (Å²) in [4.78, 5) is 19.6. The number of hydrogen-bond acceptors (Lipinski definition) is 6. The Balaban J connectivity index is 3.54. The zero-order chi connectivity index (χ0) is 13.2. The summed E-state index contributed by atoms with van der Waals surface area (Å²) in [6.07, 6.45) is 0. The van der Waals surface area contributed by atoms with Crippen LogP contribution in [0.5, 0.6) is 0 Å². The zero-order valence-electron chi connectivity index (χ0n) is 8.48. The lowest BCUT2D eigenvalue weighted by molar-refractivity contribution is -0.387. The maximum atomic E-state index is 11.3.